The van der Waals surface area contributed by atoms with E-state index in [0.29, 0.717) is 17.1 Å². The first-order valence-corrected chi connectivity index (χ1v) is 7.64. The maximum Gasteiger partial charge on any atom is 0.343 e. The molecule has 0 fully saturated rings. The predicted molar refractivity (Wildman–Crippen MR) is 81.0 cm³/mol. The number of nitriles is 1. The summed E-state index contributed by atoms with van der Waals surface area (Å²) in [5, 5.41) is 11.2. The van der Waals surface area contributed by atoms with Gasteiger partial charge in [-0.2, -0.15) is 5.26 Å². The molecule has 2 aromatic rings. The molecule has 5 nitrogen and oxygen atoms in total. The standard InChI is InChI=1S/C14H9BrN2O3S/c1-6-2-9-12(14(18)19-6)11(8(4-16)13(17)20-9)10-3-7(15)5-21-10/h2-3,5,11H,17H2,1H3/t11-/m1/s1. The van der Waals surface area contributed by atoms with E-state index in [0.717, 1.165) is 9.35 Å². The molecule has 1 aliphatic rings. The summed E-state index contributed by atoms with van der Waals surface area (Å²) in [7, 11) is 0. The Hall–Kier alpha value is -2.04. The topological polar surface area (TPSA) is 89.2 Å². The van der Waals surface area contributed by atoms with E-state index in [1.807, 2.05) is 17.5 Å². The minimum atomic E-state index is -0.563. The molecule has 0 saturated heterocycles. The van der Waals surface area contributed by atoms with Gasteiger partial charge in [0.15, 0.2) is 0 Å². The van der Waals surface area contributed by atoms with Gasteiger partial charge in [-0.3, -0.25) is 0 Å². The fraction of sp³-hybridized carbons (Fsp3) is 0.143. The maximum atomic E-state index is 12.2. The molecule has 3 heterocycles. The molecule has 7 heteroatoms. The molecule has 106 valence electrons. The molecule has 1 atom stereocenters. The van der Waals surface area contributed by atoms with Crippen LogP contribution in [0.5, 0.6) is 5.75 Å². The normalized spacial score (nSPS) is 17.1. The highest BCUT2D eigenvalue weighted by Crippen LogP contribution is 2.43. The van der Waals surface area contributed by atoms with Gasteiger partial charge in [0, 0.05) is 20.8 Å². The highest BCUT2D eigenvalue weighted by Gasteiger charge is 2.35. The molecule has 0 amide bonds. The lowest BCUT2D eigenvalue weighted by molar-refractivity contribution is 0.372. The van der Waals surface area contributed by atoms with E-state index in [9.17, 15) is 10.1 Å². The molecule has 3 rings (SSSR count). The van der Waals surface area contributed by atoms with Crippen LogP contribution in [0, 0.1) is 18.3 Å². The smallest absolute Gasteiger partial charge is 0.343 e. The van der Waals surface area contributed by atoms with Crippen LogP contribution in [0.2, 0.25) is 0 Å². The molecule has 0 aliphatic carbocycles. The first kappa shape index (κ1) is 13.9. The van der Waals surface area contributed by atoms with E-state index in [-0.39, 0.29) is 11.5 Å². The van der Waals surface area contributed by atoms with Gasteiger partial charge in [-0.25, -0.2) is 4.79 Å². The Morgan fingerprint density at radius 3 is 2.86 bits per heavy atom. The highest BCUT2D eigenvalue weighted by atomic mass is 79.9. The number of allylic oxidation sites excluding steroid dienone is 1. The Kier molecular flexibility index (Phi) is 3.35. The molecular formula is C14H9BrN2O3S. The third-order valence-electron chi connectivity index (χ3n) is 3.13. The van der Waals surface area contributed by atoms with E-state index < -0.39 is 11.5 Å². The van der Waals surface area contributed by atoms with Crippen molar-refractivity contribution >= 4 is 27.3 Å². The predicted octanol–water partition coefficient (Wildman–Crippen LogP) is 2.99. The number of hydrogen-bond donors (Lipinski definition) is 1. The van der Waals surface area contributed by atoms with Crippen molar-refractivity contribution in [2.24, 2.45) is 5.73 Å². The SMILES string of the molecule is Cc1cc2c(c(=O)o1)[C@@H](c1cc(Br)cs1)C(C#N)=C(N)O2. The fourth-order valence-corrected chi connectivity index (χ4v) is 3.84. The molecule has 0 aromatic carbocycles. The van der Waals surface area contributed by atoms with Gasteiger partial charge in [-0.15, -0.1) is 11.3 Å². The number of hydrogen-bond acceptors (Lipinski definition) is 6. The summed E-state index contributed by atoms with van der Waals surface area (Å²) >= 11 is 4.80. The first-order valence-electron chi connectivity index (χ1n) is 5.97. The van der Waals surface area contributed by atoms with Crippen LogP contribution in [-0.2, 0) is 0 Å². The van der Waals surface area contributed by atoms with Crippen molar-refractivity contribution < 1.29 is 9.15 Å². The zero-order valence-corrected chi connectivity index (χ0v) is 13.2. The van der Waals surface area contributed by atoms with Crippen molar-refractivity contribution in [3.8, 4) is 11.8 Å². The number of aryl methyl sites for hydroxylation is 1. The van der Waals surface area contributed by atoms with Crippen LogP contribution in [0.15, 0.2) is 42.7 Å². The maximum absolute atomic E-state index is 12.2. The summed E-state index contributed by atoms with van der Waals surface area (Å²) in [5.41, 5.74) is 5.84. The van der Waals surface area contributed by atoms with Gasteiger partial charge in [-0.1, -0.05) is 0 Å². The summed E-state index contributed by atoms with van der Waals surface area (Å²) in [6, 6.07) is 5.49. The first-order chi connectivity index (χ1) is 10.0. The van der Waals surface area contributed by atoms with Gasteiger partial charge >= 0.3 is 5.63 Å². The van der Waals surface area contributed by atoms with E-state index in [1.165, 1.54) is 11.3 Å². The van der Waals surface area contributed by atoms with E-state index >= 15 is 0 Å². The van der Waals surface area contributed by atoms with E-state index in [2.05, 4.69) is 15.9 Å². The Bertz CT molecular complexity index is 860. The Balaban J connectivity index is 2.31. The zero-order valence-electron chi connectivity index (χ0n) is 10.8. The molecular weight excluding hydrogens is 356 g/mol. The summed E-state index contributed by atoms with van der Waals surface area (Å²) in [6.45, 7) is 1.65. The molecule has 0 radical (unpaired) electrons. The minimum Gasteiger partial charge on any atom is -0.440 e. The second-order valence-corrected chi connectivity index (χ2v) is 6.37. The summed E-state index contributed by atoms with van der Waals surface area (Å²) < 4.78 is 11.4. The van der Waals surface area contributed by atoms with Crippen LogP contribution < -0.4 is 16.1 Å². The van der Waals surface area contributed by atoms with Crippen molar-refractivity contribution in [1.29, 1.82) is 5.26 Å². The van der Waals surface area contributed by atoms with Crippen LogP contribution in [0.25, 0.3) is 0 Å². The molecule has 0 spiro atoms. The molecule has 0 bridgehead atoms. The third kappa shape index (κ3) is 2.26. The van der Waals surface area contributed by atoms with Crippen molar-refractivity contribution in [3.63, 3.8) is 0 Å². The number of ether oxygens (including phenoxy) is 1. The van der Waals surface area contributed by atoms with E-state index in [1.54, 1.807) is 13.0 Å². The third-order valence-corrected chi connectivity index (χ3v) is 4.89. The quantitative estimate of drug-likeness (QED) is 0.839. The monoisotopic (exact) mass is 364 g/mol. The van der Waals surface area contributed by atoms with Crippen molar-refractivity contribution in [2.75, 3.05) is 0 Å². The Morgan fingerprint density at radius 1 is 1.48 bits per heavy atom. The summed E-state index contributed by atoms with van der Waals surface area (Å²) in [4.78, 5) is 13.0. The number of fused-ring (bicyclic) bond motifs is 1. The lowest BCUT2D eigenvalue weighted by atomic mass is 9.89. The average Bonchev–Trinajstić information content (AvgIpc) is 2.83. The van der Waals surface area contributed by atoms with Gasteiger partial charge in [0.1, 0.15) is 23.2 Å². The fourth-order valence-electron chi connectivity index (χ4n) is 2.28. The van der Waals surface area contributed by atoms with Crippen LogP contribution in [0.1, 0.15) is 22.1 Å². The number of rotatable bonds is 1. The number of thiophene rings is 1. The second kappa shape index (κ2) is 5.06. The second-order valence-electron chi connectivity index (χ2n) is 4.51. The number of halogens is 1. The van der Waals surface area contributed by atoms with Gasteiger partial charge in [0.2, 0.25) is 5.88 Å². The largest absolute Gasteiger partial charge is 0.440 e. The van der Waals surface area contributed by atoms with Gasteiger partial charge in [-0.05, 0) is 28.9 Å². The van der Waals surface area contributed by atoms with Crippen LogP contribution in [0.3, 0.4) is 0 Å². The minimum absolute atomic E-state index is 0.0181. The van der Waals surface area contributed by atoms with E-state index in [4.69, 9.17) is 14.9 Å². The molecule has 21 heavy (non-hydrogen) atoms. The average molecular weight is 365 g/mol. The lowest BCUT2D eigenvalue weighted by Crippen LogP contribution is -2.25. The Morgan fingerprint density at radius 2 is 2.24 bits per heavy atom. The van der Waals surface area contributed by atoms with Gasteiger partial charge < -0.3 is 14.9 Å². The molecule has 2 aromatic heterocycles. The molecule has 0 unspecified atom stereocenters. The highest BCUT2D eigenvalue weighted by molar-refractivity contribution is 9.10. The lowest BCUT2D eigenvalue weighted by Gasteiger charge is -2.24. The molecule has 0 saturated carbocycles. The van der Waals surface area contributed by atoms with Crippen LogP contribution >= 0.6 is 27.3 Å². The Labute approximate surface area is 132 Å². The van der Waals surface area contributed by atoms with Gasteiger partial charge in [0.05, 0.1) is 11.5 Å². The van der Waals surface area contributed by atoms with Gasteiger partial charge in [0.25, 0.3) is 0 Å². The number of nitrogens with zero attached hydrogens (tertiary/aromatic N) is 1. The molecule has 2 N–H and O–H groups in total. The van der Waals surface area contributed by atoms with Crippen molar-refractivity contribution in [2.45, 2.75) is 12.8 Å². The summed E-state index contributed by atoms with van der Waals surface area (Å²) in [6.07, 6.45) is 0. The summed E-state index contributed by atoms with van der Waals surface area (Å²) in [5.74, 6) is 0.226. The zero-order chi connectivity index (χ0) is 15.1. The van der Waals surface area contributed by atoms with Crippen molar-refractivity contribution in [3.05, 3.63) is 60.1 Å². The van der Waals surface area contributed by atoms with Crippen LogP contribution in [0.4, 0.5) is 0 Å². The van der Waals surface area contributed by atoms with Crippen LogP contribution in [-0.4, -0.2) is 0 Å². The number of nitrogens with two attached hydrogens (primary N) is 1. The van der Waals surface area contributed by atoms with Crippen molar-refractivity contribution in [1.82, 2.24) is 0 Å². The molecule has 1 aliphatic heterocycles.